The van der Waals surface area contributed by atoms with E-state index in [1.54, 1.807) is 12.1 Å². The third kappa shape index (κ3) is 14.3. The van der Waals surface area contributed by atoms with Gasteiger partial charge in [-0.25, -0.2) is 24.4 Å². The molecule has 1 saturated heterocycles. The first-order chi connectivity index (χ1) is 18.0. The monoisotopic (exact) mass is 634 g/mol. The van der Waals surface area contributed by atoms with Crippen LogP contribution in [0.5, 0.6) is 0 Å². The molecule has 0 aliphatic carbocycles. The molecule has 1 aliphatic heterocycles. The number of carboxylic acid groups (broad SMARTS) is 3. The number of hydrogen-bond acceptors (Lipinski definition) is 10. The Bertz CT molecular complexity index is 1370. The molecular formula is C24H24ClN4NaO9S2. The Hall–Kier alpha value is -3.18. The average molecular weight is 635 g/mol. The van der Waals surface area contributed by atoms with Crippen molar-refractivity contribution in [2.24, 2.45) is 0 Å². The number of hydrogen-bond donors (Lipinski definition) is 5. The van der Waals surface area contributed by atoms with Crippen LogP contribution < -0.4 is 34.9 Å². The Labute approximate surface area is 270 Å². The molecule has 0 saturated carbocycles. The van der Waals surface area contributed by atoms with Crippen LogP contribution in [0.1, 0.15) is 51.3 Å². The van der Waals surface area contributed by atoms with Crippen molar-refractivity contribution in [2.45, 2.75) is 30.5 Å². The number of carbonyl (C=O) groups is 5. The molecule has 0 spiro atoms. The molecule has 0 radical (unpaired) electrons. The smallest absolute Gasteiger partial charge is 0.870 e. The summed E-state index contributed by atoms with van der Waals surface area (Å²) in [5, 5.41) is 28.3. The number of H-pyrrole nitrogens is 1. The molecule has 3 aromatic heterocycles. The van der Waals surface area contributed by atoms with Crippen molar-refractivity contribution in [1.82, 2.24) is 20.3 Å². The number of imide groups is 1. The standard InChI is InChI=1S/C11H10N2O4S.C6H4ClNO2.C6H5NO2S.CH4.Na.H2O/c14-8-3-2-7(10(15)13-8)18-9-4-1-6(5-12-9)11(16)17;7-5-2-1-4(3-8-5)6(9)10;8-6(9)4-1-2-5(10)7-3-4;;;/h1,4-5,7H,2-3H2,(H,16,17)(H,13,14,15);1-3H,(H,9,10);1-3H,(H,7,10)(H,8,9);1H4;;1H2/q;;;;+1;/p-1. The number of aromatic amines is 1. The molecule has 214 valence electrons. The Morgan fingerprint density at radius 3 is 1.85 bits per heavy atom. The number of carbonyl (C=O) groups excluding carboxylic acids is 2. The van der Waals surface area contributed by atoms with Gasteiger partial charge in [-0.1, -0.05) is 43.0 Å². The molecule has 0 aromatic carbocycles. The fourth-order valence-electron chi connectivity index (χ4n) is 2.55. The van der Waals surface area contributed by atoms with Gasteiger partial charge in [0.25, 0.3) is 0 Å². The van der Waals surface area contributed by atoms with Crippen LogP contribution in [0, 0.1) is 4.64 Å². The minimum atomic E-state index is -1.04. The Morgan fingerprint density at radius 2 is 1.44 bits per heavy atom. The number of aromatic carboxylic acids is 3. The van der Waals surface area contributed by atoms with Crippen LogP contribution in [0.25, 0.3) is 0 Å². The predicted octanol–water partition coefficient (Wildman–Crippen LogP) is 1.02. The number of nitrogens with zero attached hydrogens (tertiary/aromatic N) is 2. The van der Waals surface area contributed by atoms with Gasteiger partial charge in [0.05, 0.1) is 27.0 Å². The van der Waals surface area contributed by atoms with E-state index in [9.17, 15) is 24.0 Å². The van der Waals surface area contributed by atoms with Crippen LogP contribution in [0.3, 0.4) is 0 Å². The number of amides is 2. The van der Waals surface area contributed by atoms with Crippen molar-refractivity contribution >= 4 is 65.3 Å². The Kier molecular flexibility index (Phi) is 19.3. The van der Waals surface area contributed by atoms with Gasteiger partial charge in [0.1, 0.15) is 9.79 Å². The summed E-state index contributed by atoms with van der Waals surface area (Å²) >= 11 is 11.3. The molecule has 1 atom stereocenters. The van der Waals surface area contributed by atoms with Crippen LogP contribution in [-0.2, 0) is 9.59 Å². The normalized spacial score (nSPS) is 13.0. The molecule has 0 bridgehead atoms. The van der Waals surface area contributed by atoms with Crippen molar-refractivity contribution in [3.8, 4) is 0 Å². The molecule has 1 aliphatic rings. The van der Waals surface area contributed by atoms with Gasteiger partial charge < -0.3 is 25.8 Å². The Balaban J connectivity index is 0. The van der Waals surface area contributed by atoms with Gasteiger partial charge in [-0.2, -0.15) is 0 Å². The quantitative estimate of drug-likeness (QED) is 0.114. The summed E-state index contributed by atoms with van der Waals surface area (Å²) in [6, 6.07) is 8.82. The van der Waals surface area contributed by atoms with Crippen molar-refractivity contribution in [3.05, 3.63) is 81.5 Å². The first-order valence-electron chi connectivity index (χ1n) is 10.4. The maximum absolute atomic E-state index is 11.5. The summed E-state index contributed by atoms with van der Waals surface area (Å²) in [5.41, 5.74) is 0.459. The van der Waals surface area contributed by atoms with E-state index in [1.165, 1.54) is 54.6 Å². The second-order valence-corrected chi connectivity index (χ2v) is 9.22. The van der Waals surface area contributed by atoms with Gasteiger partial charge in [0.2, 0.25) is 11.8 Å². The number of carboxylic acids is 3. The maximum Gasteiger partial charge on any atom is 1.00 e. The van der Waals surface area contributed by atoms with Crippen LogP contribution in [0.2, 0.25) is 5.15 Å². The van der Waals surface area contributed by atoms with E-state index in [1.807, 2.05) is 0 Å². The third-order valence-electron chi connectivity index (χ3n) is 4.44. The van der Waals surface area contributed by atoms with Gasteiger partial charge >= 0.3 is 47.5 Å². The number of aromatic nitrogens is 3. The summed E-state index contributed by atoms with van der Waals surface area (Å²) in [6.07, 6.45) is 4.61. The van der Waals surface area contributed by atoms with Crippen LogP contribution in [-0.4, -0.2) is 70.7 Å². The fraction of sp³-hybridized carbons (Fsp3) is 0.167. The van der Waals surface area contributed by atoms with Gasteiger partial charge in [0, 0.05) is 25.0 Å². The SMILES string of the molecule is C.O=C(O)c1ccc(=S)[nH]c1.O=C(O)c1ccc(Cl)nc1.O=C1CCC(Sc2ccc(C(=O)O)cn2)C(=O)N1.[Na+].[OH-]. The van der Waals surface area contributed by atoms with Gasteiger partial charge in [-0.3, -0.25) is 14.9 Å². The van der Waals surface area contributed by atoms with Crippen LogP contribution in [0.4, 0.5) is 0 Å². The van der Waals surface area contributed by atoms with E-state index < -0.39 is 17.9 Å². The molecule has 2 amide bonds. The first kappa shape index (κ1) is 40.0. The molecule has 17 heteroatoms. The summed E-state index contributed by atoms with van der Waals surface area (Å²) < 4.78 is 0.532. The number of thioether (sulfide) groups is 1. The number of pyridine rings is 3. The zero-order valence-electron chi connectivity index (χ0n) is 20.6. The van der Waals surface area contributed by atoms with E-state index >= 15 is 0 Å². The molecule has 4 heterocycles. The van der Waals surface area contributed by atoms with E-state index in [2.05, 4.69) is 20.3 Å². The molecule has 1 unspecified atom stereocenters. The van der Waals surface area contributed by atoms with E-state index in [0.29, 0.717) is 27.7 Å². The molecule has 3 aromatic rings. The molecule has 13 nitrogen and oxygen atoms in total. The number of rotatable bonds is 5. The fourth-order valence-corrected chi connectivity index (χ4v) is 3.75. The predicted molar refractivity (Wildman–Crippen MR) is 147 cm³/mol. The van der Waals surface area contributed by atoms with Crippen molar-refractivity contribution in [1.29, 1.82) is 0 Å². The van der Waals surface area contributed by atoms with Crippen molar-refractivity contribution in [3.63, 3.8) is 0 Å². The number of piperidine rings is 1. The molecule has 1 fully saturated rings. The average Bonchev–Trinajstić information content (AvgIpc) is 2.87. The summed E-state index contributed by atoms with van der Waals surface area (Å²) in [6.45, 7) is 0. The minimum absolute atomic E-state index is 0. The van der Waals surface area contributed by atoms with Gasteiger partial charge in [0.15, 0.2) is 0 Å². The molecule has 4 rings (SSSR count). The topological polar surface area (TPSA) is 230 Å². The van der Waals surface area contributed by atoms with Crippen molar-refractivity contribution < 1.29 is 74.3 Å². The van der Waals surface area contributed by atoms with E-state index in [-0.39, 0.29) is 76.2 Å². The van der Waals surface area contributed by atoms with Gasteiger partial charge in [-0.15, -0.1) is 0 Å². The molecule has 6 N–H and O–H groups in total. The zero-order chi connectivity index (χ0) is 28.2. The third-order valence-corrected chi connectivity index (χ3v) is 6.14. The number of nitrogens with one attached hydrogen (secondary N) is 2. The van der Waals surface area contributed by atoms with Gasteiger partial charge in [-0.05, 0) is 42.8 Å². The molecular weight excluding hydrogens is 611 g/mol. The maximum atomic E-state index is 11.5. The second kappa shape index (κ2) is 19.8. The largest absolute Gasteiger partial charge is 1.00 e. The van der Waals surface area contributed by atoms with Crippen LogP contribution >= 0.6 is 35.6 Å². The summed E-state index contributed by atoms with van der Waals surface area (Å²) in [4.78, 5) is 63.8. The minimum Gasteiger partial charge on any atom is -0.870 e. The second-order valence-electron chi connectivity index (χ2n) is 7.17. The number of halogens is 1. The Morgan fingerprint density at radius 1 is 0.902 bits per heavy atom. The zero-order valence-corrected chi connectivity index (χ0v) is 25.0. The van der Waals surface area contributed by atoms with Crippen LogP contribution in [0.15, 0.2) is 60.0 Å². The summed E-state index contributed by atoms with van der Waals surface area (Å²) in [7, 11) is 0. The molecule has 41 heavy (non-hydrogen) atoms. The summed E-state index contributed by atoms with van der Waals surface area (Å²) in [5.74, 6) is -3.57. The van der Waals surface area contributed by atoms with E-state index in [0.717, 1.165) is 0 Å². The van der Waals surface area contributed by atoms with Crippen molar-refractivity contribution in [2.75, 3.05) is 0 Å². The first-order valence-corrected chi connectivity index (χ1v) is 12.1. The van der Waals surface area contributed by atoms with E-state index in [4.69, 9.17) is 39.1 Å².